The van der Waals surface area contributed by atoms with Gasteiger partial charge in [0.15, 0.2) is 0 Å². The minimum atomic E-state index is -1.19. The van der Waals surface area contributed by atoms with Crippen LogP contribution in [0.5, 0.6) is 0 Å². The van der Waals surface area contributed by atoms with Gasteiger partial charge in [-0.2, -0.15) is 0 Å². The maximum atomic E-state index is 11.7. The first-order chi connectivity index (χ1) is 10.5. The molecule has 2 heterocycles. The minimum absolute atomic E-state index is 0.0427. The molecular weight excluding hydrogens is 304 g/mol. The Balaban J connectivity index is 1.75. The number of furan rings is 1. The lowest BCUT2D eigenvalue weighted by Crippen LogP contribution is -2.47. The maximum Gasteiger partial charge on any atom is 0.309 e. The number of carbonyl (C=O) groups excluding carboxylic acids is 2. The smallest absolute Gasteiger partial charge is 0.309 e. The van der Waals surface area contributed by atoms with Crippen LogP contribution in [-0.2, 0) is 22.6 Å². The van der Waals surface area contributed by atoms with Gasteiger partial charge in [-0.15, -0.1) is 11.3 Å². The van der Waals surface area contributed by atoms with Gasteiger partial charge >= 0.3 is 11.8 Å². The number of rotatable bonds is 6. The monoisotopic (exact) mass is 322 g/mol. The van der Waals surface area contributed by atoms with E-state index in [1.165, 1.54) is 17.6 Å². The molecule has 1 atom stereocenters. The Kier molecular flexibility index (Phi) is 5.35. The highest BCUT2D eigenvalue weighted by Gasteiger charge is 2.24. The van der Waals surface area contributed by atoms with Crippen LogP contribution in [0.3, 0.4) is 0 Å². The zero-order chi connectivity index (χ0) is 16.0. The summed E-state index contributed by atoms with van der Waals surface area (Å²) in [4.78, 5) is 24.3. The zero-order valence-corrected chi connectivity index (χ0v) is 13.0. The van der Waals surface area contributed by atoms with Gasteiger partial charge in [0.1, 0.15) is 5.76 Å². The van der Waals surface area contributed by atoms with E-state index in [4.69, 9.17) is 4.42 Å². The van der Waals surface area contributed by atoms with E-state index >= 15 is 0 Å². The molecule has 0 aromatic carbocycles. The summed E-state index contributed by atoms with van der Waals surface area (Å²) in [5.74, 6) is -0.875. The fourth-order valence-corrected chi connectivity index (χ4v) is 2.51. The summed E-state index contributed by atoms with van der Waals surface area (Å²) in [5.41, 5.74) is -1.19. The standard InChI is InChI=1S/C15H18N2O4S/c1-15(20,8-11-4-2-6-21-11)10-17-14(19)13(18)16-9-12-5-3-7-22-12/h2-7,20H,8-10H2,1H3,(H,16,18)(H,17,19)/t15-/m1/s1. The largest absolute Gasteiger partial charge is 0.469 e. The van der Waals surface area contributed by atoms with Crippen molar-refractivity contribution in [1.82, 2.24) is 10.6 Å². The predicted molar refractivity (Wildman–Crippen MR) is 82.2 cm³/mol. The van der Waals surface area contributed by atoms with Crippen molar-refractivity contribution in [1.29, 1.82) is 0 Å². The molecule has 0 radical (unpaired) electrons. The van der Waals surface area contributed by atoms with Gasteiger partial charge in [0.2, 0.25) is 0 Å². The van der Waals surface area contributed by atoms with Crippen molar-refractivity contribution in [3.8, 4) is 0 Å². The van der Waals surface area contributed by atoms with Gasteiger partial charge in [-0.05, 0) is 30.5 Å². The molecule has 0 bridgehead atoms. The molecule has 22 heavy (non-hydrogen) atoms. The van der Waals surface area contributed by atoms with E-state index in [-0.39, 0.29) is 13.0 Å². The first-order valence-corrected chi connectivity index (χ1v) is 7.67. The molecule has 0 aliphatic rings. The quantitative estimate of drug-likeness (QED) is 0.694. The topological polar surface area (TPSA) is 91.6 Å². The molecule has 2 aromatic rings. The number of nitrogens with one attached hydrogen (secondary N) is 2. The first-order valence-electron chi connectivity index (χ1n) is 6.79. The minimum Gasteiger partial charge on any atom is -0.469 e. The molecule has 6 nitrogen and oxygen atoms in total. The van der Waals surface area contributed by atoms with Crippen molar-refractivity contribution >= 4 is 23.2 Å². The normalized spacial score (nSPS) is 13.4. The van der Waals surface area contributed by atoms with Crippen molar-refractivity contribution in [2.24, 2.45) is 0 Å². The number of aliphatic hydroxyl groups is 1. The second-order valence-corrected chi connectivity index (χ2v) is 6.23. The third kappa shape index (κ3) is 5.01. The van der Waals surface area contributed by atoms with E-state index in [0.717, 1.165) is 4.88 Å². The highest BCUT2D eigenvalue weighted by atomic mass is 32.1. The molecule has 7 heteroatoms. The van der Waals surface area contributed by atoms with Crippen LogP contribution < -0.4 is 10.6 Å². The predicted octanol–water partition coefficient (Wildman–Crippen LogP) is 1.07. The first kappa shape index (κ1) is 16.3. The summed E-state index contributed by atoms with van der Waals surface area (Å²) >= 11 is 1.50. The van der Waals surface area contributed by atoms with Crippen LogP contribution >= 0.6 is 11.3 Å². The highest BCUT2D eigenvalue weighted by Crippen LogP contribution is 2.12. The van der Waals surface area contributed by atoms with Gasteiger partial charge in [0.05, 0.1) is 18.4 Å². The van der Waals surface area contributed by atoms with Crippen LogP contribution in [0.4, 0.5) is 0 Å². The molecule has 2 rings (SSSR count). The van der Waals surface area contributed by atoms with Gasteiger partial charge in [-0.1, -0.05) is 6.07 Å². The molecule has 0 aliphatic heterocycles. The second-order valence-electron chi connectivity index (χ2n) is 5.20. The number of carbonyl (C=O) groups is 2. The van der Waals surface area contributed by atoms with Crippen molar-refractivity contribution in [3.05, 3.63) is 46.5 Å². The molecule has 118 valence electrons. The average Bonchev–Trinajstić information content (AvgIpc) is 3.15. The summed E-state index contributed by atoms with van der Waals surface area (Å²) in [6.07, 6.45) is 1.76. The fourth-order valence-electron chi connectivity index (χ4n) is 1.86. The summed E-state index contributed by atoms with van der Waals surface area (Å²) in [7, 11) is 0. The molecule has 0 spiro atoms. The second kappa shape index (κ2) is 7.24. The Morgan fingerprint density at radius 3 is 2.68 bits per heavy atom. The molecule has 0 aliphatic carbocycles. The lowest BCUT2D eigenvalue weighted by molar-refractivity contribution is -0.139. The van der Waals surface area contributed by atoms with Crippen molar-refractivity contribution in [3.63, 3.8) is 0 Å². The Bertz CT molecular complexity index is 606. The molecule has 0 saturated heterocycles. The lowest BCUT2D eigenvalue weighted by atomic mass is 10.0. The SMILES string of the molecule is C[C@](O)(CNC(=O)C(=O)NCc1cccs1)Cc1ccco1. The molecule has 2 aromatic heterocycles. The van der Waals surface area contributed by atoms with Crippen LogP contribution in [0.1, 0.15) is 17.6 Å². The molecular formula is C15H18N2O4S. The Hall–Kier alpha value is -2.12. The Morgan fingerprint density at radius 2 is 2.05 bits per heavy atom. The summed E-state index contributed by atoms with van der Waals surface area (Å²) < 4.78 is 5.15. The molecule has 2 amide bonds. The number of amides is 2. The van der Waals surface area contributed by atoms with Crippen LogP contribution in [0.15, 0.2) is 40.3 Å². The van der Waals surface area contributed by atoms with E-state index in [2.05, 4.69) is 10.6 Å². The molecule has 0 fully saturated rings. The van der Waals surface area contributed by atoms with Crippen molar-refractivity contribution in [2.75, 3.05) is 6.54 Å². The van der Waals surface area contributed by atoms with Crippen LogP contribution in [0.25, 0.3) is 0 Å². The van der Waals surface area contributed by atoms with Crippen molar-refractivity contribution in [2.45, 2.75) is 25.5 Å². The van der Waals surface area contributed by atoms with Gasteiger partial charge in [-0.3, -0.25) is 9.59 Å². The van der Waals surface area contributed by atoms with E-state index in [9.17, 15) is 14.7 Å². The Morgan fingerprint density at radius 1 is 1.27 bits per heavy atom. The number of hydrogen-bond donors (Lipinski definition) is 3. The Labute approximate surface area is 132 Å². The molecule has 0 unspecified atom stereocenters. The summed E-state index contributed by atoms with van der Waals surface area (Å²) in [6.45, 7) is 1.84. The van der Waals surface area contributed by atoms with Crippen LogP contribution in [0.2, 0.25) is 0 Å². The van der Waals surface area contributed by atoms with E-state index in [1.807, 2.05) is 17.5 Å². The van der Waals surface area contributed by atoms with Crippen molar-refractivity contribution < 1.29 is 19.1 Å². The van der Waals surface area contributed by atoms with E-state index in [0.29, 0.717) is 12.3 Å². The lowest BCUT2D eigenvalue weighted by Gasteiger charge is -2.22. The third-order valence-electron chi connectivity index (χ3n) is 2.97. The van der Waals surface area contributed by atoms with Gasteiger partial charge in [0, 0.05) is 17.8 Å². The fraction of sp³-hybridized carbons (Fsp3) is 0.333. The van der Waals surface area contributed by atoms with Gasteiger partial charge in [-0.25, -0.2) is 0 Å². The zero-order valence-electron chi connectivity index (χ0n) is 12.2. The summed E-state index contributed by atoms with van der Waals surface area (Å²) in [5, 5.41) is 17.0. The van der Waals surface area contributed by atoms with Gasteiger partial charge in [0.25, 0.3) is 0 Å². The number of thiophene rings is 1. The van der Waals surface area contributed by atoms with E-state index in [1.54, 1.807) is 19.1 Å². The van der Waals surface area contributed by atoms with E-state index < -0.39 is 17.4 Å². The number of hydrogen-bond acceptors (Lipinski definition) is 5. The summed E-state index contributed by atoms with van der Waals surface area (Å²) in [6, 6.07) is 7.21. The van der Waals surface area contributed by atoms with Crippen LogP contribution in [-0.4, -0.2) is 29.1 Å². The third-order valence-corrected chi connectivity index (χ3v) is 3.85. The molecule has 0 saturated carbocycles. The van der Waals surface area contributed by atoms with Gasteiger partial charge < -0.3 is 20.2 Å². The molecule has 3 N–H and O–H groups in total. The van der Waals surface area contributed by atoms with Crippen LogP contribution in [0, 0.1) is 0 Å². The average molecular weight is 322 g/mol. The highest BCUT2D eigenvalue weighted by molar-refractivity contribution is 7.09. The maximum absolute atomic E-state index is 11.7.